The van der Waals surface area contributed by atoms with E-state index in [1.807, 2.05) is 78.2 Å². The molecule has 0 unspecified atom stereocenters. The number of para-hydroxylation sites is 1. The number of rotatable bonds is 6. The van der Waals surface area contributed by atoms with E-state index in [9.17, 15) is 9.18 Å². The molecule has 0 radical (unpaired) electrons. The van der Waals surface area contributed by atoms with Gasteiger partial charge < -0.3 is 14.8 Å². The van der Waals surface area contributed by atoms with E-state index < -0.39 is 0 Å². The van der Waals surface area contributed by atoms with Crippen molar-refractivity contribution in [2.45, 2.75) is 0 Å². The van der Waals surface area contributed by atoms with Gasteiger partial charge in [0.15, 0.2) is 6.61 Å². The first-order chi connectivity index (χ1) is 19.1. The highest BCUT2D eigenvalue weighted by Crippen LogP contribution is 2.33. The summed E-state index contributed by atoms with van der Waals surface area (Å²) in [6.07, 6.45) is 1.72. The lowest BCUT2D eigenvalue weighted by molar-refractivity contribution is -0.118. The van der Waals surface area contributed by atoms with Crippen LogP contribution >= 0.6 is 11.3 Å². The van der Waals surface area contributed by atoms with Crippen LogP contribution in [0.25, 0.3) is 11.3 Å². The van der Waals surface area contributed by atoms with Crippen molar-refractivity contribution in [1.82, 2.24) is 4.68 Å². The third-order valence-corrected chi connectivity index (χ3v) is 6.62. The minimum Gasteiger partial charge on any atom is -0.482 e. The predicted octanol–water partition coefficient (Wildman–Crippen LogP) is 6.59. The van der Waals surface area contributed by atoms with Gasteiger partial charge in [0.1, 0.15) is 23.1 Å². The predicted molar refractivity (Wildman–Crippen MR) is 149 cm³/mol. The molecule has 0 saturated carbocycles. The highest BCUT2D eigenvalue weighted by molar-refractivity contribution is 7.07. The summed E-state index contributed by atoms with van der Waals surface area (Å²) in [5.41, 5.74) is 3.59. The molecule has 2 heterocycles. The van der Waals surface area contributed by atoms with Crippen molar-refractivity contribution in [3.63, 3.8) is 0 Å². The molecule has 1 aliphatic rings. The lowest BCUT2D eigenvalue weighted by Gasteiger charge is -2.18. The number of nitrogens with one attached hydrogen (secondary N) is 1. The number of aromatic nitrogens is 1. The Balaban J connectivity index is 1.39. The normalized spacial score (nSPS) is 13.2. The Morgan fingerprint density at radius 1 is 0.949 bits per heavy atom. The number of nitrogens with zero attached hydrogens (tertiary/aromatic N) is 3. The zero-order valence-corrected chi connectivity index (χ0v) is 21.3. The number of anilines is 1. The average Bonchev–Trinajstić information content (AvgIpc) is 3.35. The summed E-state index contributed by atoms with van der Waals surface area (Å²) >= 11 is 1.39. The number of benzene rings is 4. The molecular weight excluding hydrogens is 515 g/mol. The summed E-state index contributed by atoms with van der Waals surface area (Å²) in [7, 11) is 0. The Hall–Kier alpha value is -5.02. The topological polar surface area (TPSA) is 77.2 Å². The number of carbonyl (C=O) groups is 1. The van der Waals surface area contributed by atoms with Crippen molar-refractivity contribution in [1.29, 1.82) is 0 Å². The van der Waals surface area contributed by atoms with Crippen LogP contribution in [0.4, 0.5) is 15.8 Å². The van der Waals surface area contributed by atoms with Crippen LogP contribution in [0.15, 0.2) is 113 Å². The maximum absolute atomic E-state index is 13.5. The number of halogens is 1. The van der Waals surface area contributed by atoms with Crippen molar-refractivity contribution >= 4 is 34.8 Å². The van der Waals surface area contributed by atoms with Gasteiger partial charge in [-0.05, 0) is 72.3 Å². The molecule has 1 aliphatic heterocycles. The van der Waals surface area contributed by atoms with Crippen LogP contribution in [0.5, 0.6) is 17.2 Å². The third kappa shape index (κ3) is 5.63. The lowest BCUT2D eigenvalue weighted by Crippen LogP contribution is -2.25. The quantitative estimate of drug-likeness (QED) is 0.249. The van der Waals surface area contributed by atoms with E-state index in [1.165, 1.54) is 23.5 Å². The molecule has 1 N–H and O–H groups in total. The van der Waals surface area contributed by atoms with Crippen LogP contribution in [0.1, 0.15) is 5.56 Å². The summed E-state index contributed by atoms with van der Waals surface area (Å²) in [6.45, 7) is -0.0111. The number of hydrogen-bond acceptors (Lipinski definition) is 6. The second-order valence-electron chi connectivity index (χ2n) is 8.58. The molecule has 6 rings (SSSR count). The second-order valence-corrected chi connectivity index (χ2v) is 9.42. The molecule has 0 spiro atoms. The average molecular weight is 537 g/mol. The van der Waals surface area contributed by atoms with Gasteiger partial charge in [0.25, 0.3) is 5.91 Å². The van der Waals surface area contributed by atoms with Gasteiger partial charge in [0, 0.05) is 10.9 Å². The molecule has 0 atom stereocenters. The fraction of sp³-hybridized carbons (Fsp3) is 0.0333. The van der Waals surface area contributed by atoms with Crippen LogP contribution in [0, 0.1) is 5.82 Å². The Kier molecular flexibility index (Phi) is 6.71. The maximum atomic E-state index is 13.5. The fourth-order valence-corrected chi connectivity index (χ4v) is 4.82. The number of ether oxygens (including phenoxy) is 2. The SMILES string of the molecule is O=C1COc2ccc(-c3csc(=Nc4ccc(F)cc4)n3/N=C/c3cccc(Oc4ccccc4)c3)cc2N1. The van der Waals surface area contributed by atoms with Crippen molar-refractivity contribution in [2.24, 2.45) is 10.1 Å². The van der Waals surface area contributed by atoms with E-state index >= 15 is 0 Å². The Bertz CT molecular complexity index is 1740. The van der Waals surface area contributed by atoms with Crippen molar-refractivity contribution < 1.29 is 18.7 Å². The first-order valence-electron chi connectivity index (χ1n) is 12.1. The number of carbonyl (C=O) groups excluding carboxylic acids is 1. The summed E-state index contributed by atoms with van der Waals surface area (Å²) in [4.78, 5) is 17.1. The van der Waals surface area contributed by atoms with Crippen LogP contribution in [-0.4, -0.2) is 23.4 Å². The van der Waals surface area contributed by atoms with Gasteiger partial charge in [-0.15, -0.1) is 11.3 Å². The van der Waals surface area contributed by atoms with E-state index in [4.69, 9.17) is 19.6 Å². The minimum absolute atomic E-state index is 0.0111. The van der Waals surface area contributed by atoms with Crippen LogP contribution in [0.3, 0.4) is 0 Å². The monoisotopic (exact) mass is 536 g/mol. The first-order valence-corrected chi connectivity index (χ1v) is 12.9. The molecule has 192 valence electrons. The van der Waals surface area contributed by atoms with E-state index in [0.717, 1.165) is 22.6 Å². The molecule has 0 saturated heterocycles. The van der Waals surface area contributed by atoms with E-state index in [0.29, 0.717) is 27.7 Å². The molecule has 1 aromatic heterocycles. The fourth-order valence-electron chi connectivity index (χ4n) is 3.96. The van der Waals surface area contributed by atoms with Gasteiger partial charge in [-0.2, -0.15) is 5.10 Å². The first kappa shape index (κ1) is 24.3. The molecule has 0 bridgehead atoms. The summed E-state index contributed by atoms with van der Waals surface area (Å²) in [5, 5.41) is 9.54. The van der Waals surface area contributed by atoms with Gasteiger partial charge in [0.2, 0.25) is 4.80 Å². The lowest BCUT2D eigenvalue weighted by atomic mass is 10.1. The van der Waals surface area contributed by atoms with Gasteiger partial charge in [-0.3, -0.25) is 4.79 Å². The van der Waals surface area contributed by atoms with Crippen LogP contribution in [0.2, 0.25) is 0 Å². The Morgan fingerprint density at radius 3 is 2.62 bits per heavy atom. The zero-order valence-electron chi connectivity index (χ0n) is 20.5. The molecule has 0 fully saturated rings. The third-order valence-electron chi connectivity index (χ3n) is 5.80. The van der Waals surface area contributed by atoms with Gasteiger partial charge >= 0.3 is 0 Å². The highest BCUT2D eigenvalue weighted by atomic mass is 32.1. The smallest absolute Gasteiger partial charge is 0.262 e. The summed E-state index contributed by atoms with van der Waals surface area (Å²) < 4.78 is 26.6. The molecule has 1 amide bonds. The van der Waals surface area contributed by atoms with E-state index in [-0.39, 0.29) is 18.3 Å². The summed E-state index contributed by atoms with van der Waals surface area (Å²) in [5.74, 6) is 1.49. The second kappa shape index (κ2) is 10.8. The zero-order chi connectivity index (χ0) is 26.6. The number of fused-ring (bicyclic) bond motifs is 1. The highest BCUT2D eigenvalue weighted by Gasteiger charge is 2.18. The van der Waals surface area contributed by atoms with Crippen molar-refractivity contribution in [2.75, 3.05) is 11.9 Å². The molecule has 7 nitrogen and oxygen atoms in total. The largest absolute Gasteiger partial charge is 0.482 e. The molecule has 0 aliphatic carbocycles. The van der Waals surface area contributed by atoms with Crippen molar-refractivity contribution in [3.05, 3.63) is 119 Å². The molecule has 4 aromatic carbocycles. The summed E-state index contributed by atoms with van der Waals surface area (Å²) in [6, 6.07) is 28.7. The van der Waals surface area contributed by atoms with Crippen LogP contribution < -0.4 is 19.6 Å². The Morgan fingerprint density at radius 2 is 1.77 bits per heavy atom. The van der Waals surface area contributed by atoms with E-state index in [2.05, 4.69) is 5.32 Å². The standard InChI is InChI=1S/C30H21FN4O3S/c31-22-10-12-23(13-11-22)33-30-35(27(19-39-30)21-9-14-28-26(16-21)34-29(36)18-37-28)32-17-20-5-4-8-25(15-20)38-24-6-2-1-3-7-24/h1-17,19H,18H2,(H,34,36)/b32-17+,33-30?. The van der Waals surface area contributed by atoms with Gasteiger partial charge in [-0.25, -0.2) is 14.1 Å². The van der Waals surface area contributed by atoms with Gasteiger partial charge in [0.05, 0.1) is 23.3 Å². The molecule has 9 heteroatoms. The van der Waals surface area contributed by atoms with Crippen LogP contribution in [-0.2, 0) is 4.79 Å². The number of thiazole rings is 1. The molecular formula is C30H21FN4O3S. The molecule has 5 aromatic rings. The molecule has 39 heavy (non-hydrogen) atoms. The maximum Gasteiger partial charge on any atom is 0.262 e. The Labute approximate surface area is 227 Å². The number of amides is 1. The van der Waals surface area contributed by atoms with Crippen molar-refractivity contribution in [3.8, 4) is 28.5 Å². The van der Waals surface area contributed by atoms with Gasteiger partial charge in [-0.1, -0.05) is 30.3 Å². The number of hydrogen-bond donors (Lipinski definition) is 1. The van der Waals surface area contributed by atoms with E-state index in [1.54, 1.807) is 23.0 Å². The minimum atomic E-state index is -0.331.